The number of nitrogens with one attached hydrogen (secondary N) is 4. The van der Waals surface area contributed by atoms with E-state index in [-0.39, 0.29) is 23.1 Å². The highest BCUT2D eigenvalue weighted by atomic mass is 35.5. The van der Waals surface area contributed by atoms with E-state index in [1.165, 1.54) is 35.6 Å². The fourth-order valence-corrected chi connectivity index (χ4v) is 5.49. The number of alkyl halides is 1. The summed E-state index contributed by atoms with van der Waals surface area (Å²) in [5.74, 6) is -0.299. The van der Waals surface area contributed by atoms with E-state index in [0.717, 1.165) is 35.1 Å². The molecule has 1 aliphatic heterocycles. The predicted octanol–water partition coefficient (Wildman–Crippen LogP) is 3.87. The average Bonchev–Trinajstić information content (AvgIpc) is 3.46. The molecule has 0 spiro atoms. The lowest BCUT2D eigenvalue weighted by atomic mass is 9.82. The molecule has 4 unspecified atom stereocenters. The molecule has 4 N–H and O–H groups in total. The minimum absolute atomic E-state index is 0.00796. The van der Waals surface area contributed by atoms with Gasteiger partial charge in [0.15, 0.2) is 0 Å². The van der Waals surface area contributed by atoms with Crippen molar-refractivity contribution in [2.45, 2.75) is 30.3 Å². The molecule has 166 valence electrons. The zero-order valence-electron chi connectivity index (χ0n) is 17.0. The third kappa shape index (κ3) is 4.47. The molecule has 5 rings (SSSR count). The smallest absolute Gasteiger partial charge is 0.255 e. The van der Waals surface area contributed by atoms with E-state index in [1.54, 1.807) is 6.07 Å². The fraction of sp³-hybridized carbons (Fsp3) is 0.318. The Morgan fingerprint density at radius 2 is 2.00 bits per heavy atom. The maximum atomic E-state index is 13.1. The Morgan fingerprint density at radius 1 is 1.16 bits per heavy atom. The summed E-state index contributed by atoms with van der Waals surface area (Å²) >= 11 is 8.19. The third-order valence-electron chi connectivity index (χ3n) is 5.93. The molecule has 10 heteroatoms. The van der Waals surface area contributed by atoms with Crippen LogP contribution in [0.1, 0.15) is 23.2 Å². The van der Waals surface area contributed by atoms with Crippen molar-refractivity contribution >= 4 is 39.7 Å². The predicted molar refractivity (Wildman–Crippen MR) is 124 cm³/mol. The lowest BCUT2D eigenvalue weighted by Crippen LogP contribution is -2.47. The van der Waals surface area contributed by atoms with Gasteiger partial charge in [0, 0.05) is 41.4 Å². The Hall–Kier alpha value is -2.59. The van der Waals surface area contributed by atoms with Crippen molar-refractivity contribution in [2.24, 2.45) is 5.92 Å². The quantitative estimate of drug-likeness (QED) is 0.421. The molecule has 2 aromatic carbocycles. The van der Waals surface area contributed by atoms with Crippen LogP contribution < -0.4 is 21.5 Å². The van der Waals surface area contributed by atoms with Crippen LogP contribution in [-0.4, -0.2) is 40.1 Å². The Kier molecular flexibility index (Phi) is 6.05. The molecule has 7 nitrogen and oxygen atoms in total. The molecule has 2 heterocycles. The van der Waals surface area contributed by atoms with Gasteiger partial charge in [-0.2, -0.15) is 0 Å². The molecule has 1 aliphatic carbocycles. The number of benzene rings is 2. The number of carbonyl (C=O) groups excluding carboxylic acids is 1. The Morgan fingerprint density at radius 3 is 2.84 bits per heavy atom. The number of hydrogen-bond acceptors (Lipinski definition) is 7. The zero-order chi connectivity index (χ0) is 22.1. The molecule has 0 radical (unpaired) electrons. The molecule has 1 amide bonds. The molecular weight excluding hydrogens is 451 g/mol. The Balaban J connectivity index is 1.26. The normalized spacial score (nSPS) is 24.7. The van der Waals surface area contributed by atoms with Crippen molar-refractivity contribution in [2.75, 3.05) is 17.2 Å². The second kappa shape index (κ2) is 9.11. The van der Waals surface area contributed by atoms with E-state index in [9.17, 15) is 9.18 Å². The molecule has 1 aromatic heterocycles. The van der Waals surface area contributed by atoms with Crippen molar-refractivity contribution in [3.8, 4) is 10.6 Å². The lowest BCUT2D eigenvalue weighted by molar-refractivity contribution is 0.102. The van der Waals surface area contributed by atoms with E-state index < -0.39 is 0 Å². The first-order chi connectivity index (χ1) is 15.6. The number of anilines is 2. The number of rotatable bonds is 5. The summed E-state index contributed by atoms with van der Waals surface area (Å²) in [6.45, 7) is 0.870. The van der Waals surface area contributed by atoms with Crippen LogP contribution in [0.2, 0.25) is 0 Å². The minimum atomic E-state index is -0.380. The summed E-state index contributed by atoms with van der Waals surface area (Å²) in [5.41, 5.74) is 8.36. The van der Waals surface area contributed by atoms with Crippen LogP contribution in [0.5, 0.6) is 0 Å². The monoisotopic (exact) mass is 472 g/mol. The molecule has 32 heavy (non-hydrogen) atoms. The van der Waals surface area contributed by atoms with Crippen LogP contribution in [0.25, 0.3) is 10.6 Å². The van der Waals surface area contributed by atoms with E-state index in [0.29, 0.717) is 23.2 Å². The molecule has 1 saturated heterocycles. The first-order valence-corrected chi connectivity index (χ1v) is 11.7. The van der Waals surface area contributed by atoms with Gasteiger partial charge in [-0.05, 0) is 49.2 Å². The molecule has 0 bridgehead atoms. The van der Waals surface area contributed by atoms with Crippen LogP contribution >= 0.6 is 22.9 Å². The SMILES string of the molecule is O=C(Nc1cccc(-c2nnc(NC3CCC4NNCC4C3Cl)s2)c1)c1ccc(F)cc1. The second-order valence-electron chi connectivity index (χ2n) is 8.02. The van der Waals surface area contributed by atoms with Gasteiger partial charge >= 0.3 is 0 Å². The minimum Gasteiger partial charge on any atom is -0.356 e. The summed E-state index contributed by atoms with van der Waals surface area (Å²) in [7, 11) is 0. The third-order valence-corrected chi connectivity index (χ3v) is 7.46. The van der Waals surface area contributed by atoms with Crippen LogP contribution in [0.4, 0.5) is 15.2 Å². The van der Waals surface area contributed by atoms with E-state index in [1.807, 2.05) is 18.2 Å². The van der Waals surface area contributed by atoms with Crippen molar-refractivity contribution in [3.63, 3.8) is 0 Å². The molecule has 4 atom stereocenters. The average molecular weight is 473 g/mol. The largest absolute Gasteiger partial charge is 0.356 e. The number of halogens is 2. The molecular formula is C22H22ClFN6OS. The van der Waals surface area contributed by atoms with Gasteiger partial charge < -0.3 is 10.6 Å². The first kappa shape index (κ1) is 21.3. The number of hydrogen-bond donors (Lipinski definition) is 4. The van der Waals surface area contributed by atoms with Gasteiger partial charge in [-0.25, -0.2) is 4.39 Å². The number of aromatic nitrogens is 2. The number of hydrazine groups is 1. The fourth-order valence-electron chi connectivity index (χ4n) is 4.24. The molecule has 2 fully saturated rings. The van der Waals surface area contributed by atoms with Crippen LogP contribution in [0, 0.1) is 11.7 Å². The summed E-state index contributed by atoms with van der Waals surface area (Å²) in [5, 5.41) is 16.4. The van der Waals surface area contributed by atoms with Gasteiger partial charge in [0.1, 0.15) is 10.8 Å². The molecule has 2 aliphatic rings. The number of amides is 1. The summed E-state index contributed by atoms with van der Waals surface area (Å²) in [6, 6.07) is 13.4. The number of nitrogens with zero attached hydrogens (tertiary/aromatic N) is 2. The van der Waals surface area contributed by atoms with Gasteiger partial charge in [-0.15, -0.1) is 21.8 Å². The van der Waals surface area contributed by atoms with Gasteiger partial charge in [0.05, 0.1) is 5.38 Å². The molecule has 1 saturated carbocycles. The number of carbonyl (C=O) groups is 1. The maximum Gasteiger partial charge on any atom is 0.255 e. The van der Waals surface area contributed by atoms with Crippen LogP contribution in [0.3, 0.4) is 0 Å². The maximum absolute atomic E-state index is 13.1. The van der Waals surface area contributed by atoms with Gasteiger partial charge in [0.25, 0.3) is 5.91 Å². The van der Waals surface area contributed by atoms with E-state index >= 15 is 0 Å². The van der Waals surface area contributed by atoms with E-state index in [4.69, 9.17) is 11.6 Å². The topological polar surface area (TPSA) is 91.0 Å². The van der Waals surface area contributed by atoms with Crippen molar-refractivity contribution in [3.05, 3.63) is 59.9 Å². The van der Waals surface area contributed by atoms with Gasteiger partial charge in [-0.1, -0.05) is 23.5 Å². The standard InChI is InChI=1S/C22H22ClFN6OS/c23-19-16-11-25-28-17(16)8-9-18(19)27-22-30-29-21(32-22)13-2-1-3-15(10-13)26-20(31)12-4-6-14(24)7-5-12/h1-7,10,16-19,25,28H,8-9,11H2,(H,26,31)(H,27,30). The lowest BCUT2D eigenvalue weighted by Gasteiger charge is -2.35. The van der Waals surface area contributed by atoms with Crippen molar-refractivity contribution in [1.29, 1.82) is 0 Å². The highest BCUT2D eigenvalue weighted by Gasteiger charge is 2.41. The summed E-state index contributed by atoms with van der Waals surface area (Å²) in [6.07, 6.45) is 2.02. The Labute approximate surface area is 193 Å². The first-order valence-electron chi connectivity index (χ1n) is 10.5. The highest BCUT2D eigenvalue weighted by molar-refractivity contribution is 7.18. The zero-order valence-corrected chi connectivity index (χ0v) is 18.6. The van der Waals surface area contributed by atoms with Crippen molar-refractivity contribution < 1.29 is 9.18 Å². The summed E-state index contributed by atoms with van der Waals surface area (Å²) < 4.78 is 13.1. The highest BCUT2D eigenvalue weighted by Crippen LogP contribution is 2.35. The van der Waals surface area contributed by atoms with E-state index in [2.05, 4.69) is 31.7 Å². The number of fused-ring (bicyclic) bond motifs is 1. The van der Waals surface area contributed by atoms with Crippen LogP contribution in [0.15, 0.2) is 48.5 Å². The molecule has 3 aromatic rings. The second-order valence-corrected chi connectivity index (χ2v) is 9.50. The van der Waals surface area contributed by atoms with Gasteiger partial charge in [-0.3, -0.25) is 15.6 Å². The Bertz CT molecular complexity index is 1110. The van der Waals surface area contributed by atoms with Crippen LogP contribution in [-0.2, 0) is 0 Å². The van der Waals surface area contributed by atoms with Crippen molar-refractivity contribution in [1.82, 2.24) is 21.0 Å². The summed E-state index contributed by atoms with van der Waals surface area (Å²) in [4.78, 5) is 12.4. The van der Waals surface area contributed by atoms with Gasteiger partial charge in [0.2, 0.25) is 5.13 Å².